The minimum Gasteiger partial charge on any atom is -0.388 e. The lowest BCUT2D eigenvalue weighted by atomic mass is 9.97. The zero-order valence-corrected chi connectivity index (χ0v) is 15.4. The Morgan fingerprint density at radius 3 is 2.36 bits per heavy atom. The maximum Gasteiger partial charge on any atom is 0.301 e. The molecule has 1 aliphatic heterocycles. The summed E-state index contributed by atoms with van der Waals surface area (Å²) in [4.78, 5) is 8.23. The van der Waals surface area contributed by atoms with Crippen LogP contribution in [0.25, 0.3) is 6.08 Å². The molecule has 2 aliphatic rings. The minimum atomic E-state index is -3.50. The van der Waals surface area contributed by atoms with Gasteiger partial charge in [-0.25, -0.2) is 14.4 Å². The average Bonchev–Trinajstić information content (AvgIpc) is 3.24. The molecule has 4 atom stereocenters. The molecule has 2 heterocycles. The lowest BCUT2D eigenvalue weighted by molar-refractivity contribution is -0.159. The van der Waals surface area contributed by atoms with Gasteiger partial charge in [0.1, 0.15) is 24.4 Å². The van der Waals surface area contributed by atoms with Crippen LogP contribution >= 0.6 is 0 Å². The molecule has 2 aromatic rings. The number of ether oxygens (including phenoxy) is 1. The first-order chi connectivity index (χ1) is 13.2. The van der Waals surface area contributed by atoms with Crippen molar-refractivity contribution in [2.75, 3.05) is 0 Å². The molecule has 0 spiro atoms. The van der Waals surface area contributed by atoms with E-state index in [0.29, 0.717) is 0 Å². The topological polar surface area (TPSA) is 75.5 Å². The van der Waals surface area contributed by atoms with Crippen LogP contribution in [0.2, 0.25) is 0 Å². The summed E-state index contributed by atoms with van der Waals surface area (Å²) in [7, 11) is 0. The third-order valence-corrected chi connectivity index (χ3v) is 4.85. The van der Waals surface area contributed by atoms with Gasteiger partial charge in [0.25, 0.3) is 0 Å². The van der Waals surface area contributed by atoms with Gasteiger partial charge in [0.15, 0.2) is 6.10 Å². The van der Waals surface area contributed by atoms with Crippen LogP contribution < -0.4 is 0 Å². The van der Waals surface area contributed by atoms with Crippen molar-refractivity contribution < 1.29 is 28.1 Å². The van der Waals surface area contributed by atoms with E-state index in [1.54, 1.807) is 6.33 Å². The first-order valence-corrected chi connectivity index (χ1v) is 8.84. The molecule has 1 fully saturated rings. The molecule has 1 aromatic heterocycles. The normalized spacial score (nSPS) is 26.0. The van der Waals surface area contributed by atoms with Crippen molar-refractivity contribution in [3.05, 3.63) is 65.0 Å². The molecule has 0 saturated carbocycles. The van der Waals surface area contributed by atoms with Crippen molar-refractivity contribution in [1.82, 2.24) is 9.97 Å². The van der Waals surface area contributed by atoms with Gasteiger partial charge in [0.2, 0.25) is 0 Å². The molecule has 4 unspecified atom stereocenters. The molecule has 0 bridgehead atoms. The lowest BCUT2D eigenvalue weighted by Crippen LogP contribution is -2.41. The molecule has 8 heteroatoms. The van der Waals surface area contributed by atoms with Gasteiger partial charge in [-0.3, -0.25) is 0 Å². The van der Waals surface area contributed by atoms with Crippen LogP contribution in [0.4, 0.5) is 13.2 Å². The smallest absolute Gasteiger partial charge is 0.301 e. The molecule has 5 nitrogen and oxygen atoms in total. The molecule has 0 amide bonds. The monoisotopic (exact) mass is 394 g/mol. The van der Waals surface area contributed by atoms with Crippen molar-refractivity contribution in [1.29, 1.82) is 0 Å². The molecular weight excluding hydrogens is 373 g/mol. The van der Waals surface area contributed by atoms with E-state index in [4.69, 9.17) is 4.74 Å². The highest BCUT2D eigenvalue weighted by Gasteiger charge is 2.54. The minimum absolute atomic E-state index is 0.464. The molecule has 0 radical (unpaired) electrons. The van der Waals surface area contributed by atoms with E-state index in [-0.39, 0.29) is 0 Å². The Bertz CT molecular complexity index is 858. The quantitative estimate of drug-likeness (QED) is 0.819. The molecule has 28 heavy (non-hydrogen) atoms. The van der Waals surface area contributed by atoms with Crippen LogP contribution in [0, 0.1) is 12.7 Å². The predicted octanol–water partition coefficient (Wildman–Crippen LogP) is 2.78. The fourth-order valence-corrected chi connectivity index (χ4v) is 3.19. The Morgan fingerprint density at radius 2 is 1.79 bits per heavy atom. The van der Waals surface area contributed by atoms with Gasteiger partial charge in [-0.15, -0.1) is 0 Å². The Kier molecular flexibility index (Phi) is 5.83. The zero-order valence-electron chi connectivity index (χ0n) is 15.4. The van der Waals surface area contributed by atoms with E-state index in [0.717, 1.165) is 42.1 Å². The Balaban J connectivity index is 0.000000188. The van der Waals surface area contributed by atoms with Gasteiger partial charge in [0.05, 0.1) is 11.8 Å². The van der Waals surface area contributed by atoms with Gasteiger partial charge in [0, 0.05) is 23.2 Å². The molecule has 150 valence electrons. The van der Waals surface area contributed by atoms with E-state index in [9.17, 15) is 23.4 Å². The first kappa shape index (κ1) is 20.4. The number of aromatic nitrogens is 2. The van der Waals surface area contributed by atoms with Gasteiger partial charge < -0.3 is 14.9 Å². The summed E-state index contributed by atoms with van der Waals surface area (Å²) in [6, 6.07) is 3.68. The maximum atomic E-state index is 14.1. The first-order valence-electron chi connectivity index (χ1n) is 8.84. The van der Waals surface area contributed by atoms with E-state index in [1.165, 1.54) is 12.5 Å². The zero-order chi connectivity index (χ0) is 20.5. The number of fused-ring (bicyclic) bond motifs is 1. The van der Waals surface area contributed by atoms with Crippen LogP contribution in [0.5, 0.6) is 0 Å². The van der Waals surface area contributed by atoms with Crippen LogP contribution in [-0.2, 0) is 17.1 Å². The fraction of sp³-hybridized carbons (Fsp3) is 0.400. The second-order valence-electron chi connectivity index (χ2n) is 6.80. The van der Waals surface area contributed by atoms with Crippen LogP contribution in [0.3, 0.4) is 0 Å². The maximum absolute atomic E-state index is 14.1. The second kappa shape index (κ2) is 7.98. The predicted molar refractivity (Wildman–Crippen MR) is 96.1 cm³/mol. The number of aliphatic hydroxyl groups is 2. The molecule has 1 aliphatic carbocycles. The summed E-state index contributed by atoms with van der Waals surface area (Å²) in [5.74, 6) is -4.13. The molecule has 2 N–H and O–H groups in total. The van der Waals surface area contributed by atoms with Crippen molar-refractivity contribution in [3.8, 4) is 0 Å². The number of rotatable bonds is 2. The third-order valence-electron chi connectivity index (χ3n) is 4.85. The Hall–Kier alpha value is -2.29. The number of hydrogen-bond donors (Lipinski definition) is 2. The van der Waals surface area contributed by atoms with Crippen molar-refractivity contribution in [2.24, 2.45) is 0 Å². The third kappa shape index (κ3) is 3.94. The summed E-state index contributed by atoms with van der Waals surface area (Å²) >= 11 is 0. The van der Waals surface area contributed by atoms with Gasteiger partial charge in [-0.1, -0.05) is 24.3 Å². The summed E-state index contributed by atoms with van der Waals surface area (Å²) < 4.78 is 45.7. The van der Waals surface area contributed by atoms with E-state index < -0.39 is 41.7 Å². The highest BCUT2D eigenvalue weighted by molar-refractivity contribution is 5.59. The highest BCUT2D eigenvalue weighted by atomic mass is 19.3. The van der Waals surface area contributed by atoms with E-state index in [1.807, 2.05) is 6.92 Å². The Morgan fingerprint density at radius 1 is 1.11 bits per heavy atom. The van der Waals surface area contributed by atoms with Gasteiger partial charge in [-0.2, -0.15) is 8.78 Å². The van der Waals surface area contributed by atoms with Crippen LogP contribution in [0.15, 0.2) is 36.7 Å². The van der Waals surface area contributed by atoms with Crippen LogP contribution in [0.1, 0.15) is 29.4 Å². The van der Waals surface area contributed by atoms with E-state index >= 15 is 0 Å². The highest BCUT2D eigenvalue weighted by Crippen LogP contribution is 2.40. The number of hydrogen-bond acceptors (Lipinski definition) is 5. The SMILES string of the molecule is CC1OC(C(F)(F)c2ccc(F)cc2)C(O)C1O.Cc1ncnc2c1C=CC2. The number of aryl methyl sites for hydroxylation is 1. The van der Waals surface area contributed by atoms with Crippen molar-refractivity contribution in [3.63, 3.8) is 0 Å². The molecule has 1 saturated heterocycles. The average molecular weight is 394 g/mol. The largest absolute Gasteiger partial charge is 0.388 e. The summed E-state index contributed by atoms with van der Waals surface area (Å²) in [6.45, 7) is 3.41. The van der Waals surface area contributed by atoms with Gasteiger partial charge in [-0.05, 0) is 26.0 Å². The summed E-state index contributed by atoms with van der Waals surface area (Å²) in [5.41, 5.74) is 2.99. The molecule has 4 rings (SSSR count). The molecule has 1 aromatic carbocycles. The standard InChI is InChI=1S/C12H13F3O3.C8H8N2/c1-6-9(16)10(17)11(18-6)12(14,15)7-2-4-8(13)5-3-7;1-6-7-3-2-4-8(7)10-5-9-6/h2-6,9-11,16-17H,1H3;2-3,5H,4H2,1H3. The summed E-state index contributed by atoms with van der Waals surface area (Å²) in [6.07, 6.45) is 1.04. The van der Waals surface area contributed by atoms with Crippen molar-refractivity contribution in [2.45, 2.75) is 50.6 Å². The van der Waals surface area contributed by atoms with Crippen molar-refractivity contribution >= 4 is 6.08 Å². The fourth-order valence-electron chi connectivity index (χ4n) is 3.19. The number of allylic oxidation sites excluding steroid dienone is 1. The number of alkyl halides is 2. The Labute approximate surface area is 160 Å². The number of halogens is 3. The summed E-state index contributed by atoms with van der Waals surface area (Å²) in [5, 5.41) is 19.0. The molecular formula is C20H21F3N2O3. The number of nitrogens with zero attached hydrogens (tertiary/aromatic N) is 2. The van der Waals surface area contributed by atoms with Gasteiger partial charge >= 0.3 is 5.92 Å². The van der Waals surface area contributed by atoms with E-state index in [2.05, 4.69) is 22.1 Å². The lowest BCUT2D eigenvalue weighted by Gasteiger charge is -2.25. The second-order valence-corrected chi connectivity index (χ2v) is 6.80. The number of benzene rings is 1. The van der Waals surface area contributed by atoms with Crippen LogP contribution in [-0.4, -0.2) is 44.6 Å². The number of aliphatic hydroxyl groups excluding tert-OH is 2.